The van der Waals surface area contributed by atoms with Gasteiger partial charge in [-0.1, -0.05) is 58.4 Å². The van der Waals surface area contributed by atoms with Crippen molar-refractivity contribution in [2.75, 3.05) is 32.9 Å². The zero-order chi connectivity index (χ0) is 27.9. The molecule has 0 aliphatic rings. The molecule has 8 nitrogen and oxygen atoms in total. The van der Waals surface area contributed by atoms with Crippen LogP contribution in [0.2, 0.25) is 0 Å². The monoisotopic (exact) mass is 599 g/mol. The van der Waals surface area contributed by atoms with Crippen LogP contribution >= 0.6 is 15.9 Å². The van der Waals surface area contributed by atoms with E-state index in [0.717, 1.165) is 15.6 Å². The van der Waals surface area contributed by atoms with Crippen molar-refractivity contribution < 1.29 is 33.6 Å². The highest BCUT2D eigenvalue weighted by Gasteiger charge is 2.18. The van der Waals surface area contributed by atoms with Crippen LogP contribution in [-0.4, -0.2) is 61.1 Å². The molecule has 0 aliphatic heterocycles. The highest BCUT2D eigenvalue weighted by molar-refractivity contribution is 9.10. The van der Waals surface area contributed by atoms with Gasteiger partial charge < -0.3 is 29.0 Å². The second kappa shape index (κ2) is 16.5. The first-order valence-corrected chi connectivity index (χ1v) is 13.6. The number of amides is 1. The van der Waals surface area contributed by atoms with Crippen LogP contribution in [0.5, 0.6) is 11.5 Å². The van der Waals surface area contributed by atoms with Crippen LogP contribution in [0.15, 0.2) is 83.3 Å². The summed E-state index contributed by atoms with van der Waals surface area (Å²) in [5.74, 6) is 0.0870. The minimum absolute atomic E-state index is 0.260. The fourth-order valence-corrected chi connectivity index (χ4v) is 3.98. The molecule has 0 aromatic heterocycles. The molecule has 3 rings (SSSR count). The number of carboxylic acids is 1. The molecular formula is C30H34BrNO7. The average molecular weight is 601 g/mol. The van der Waals surface area contributed by atoms with Gasteiger partial charge in [0.1, 0.15) is 18.1 Å². The molecule has 0 bridgehead atoms. The lowest BCUT2D eigenvalue weighted by atomic mass is 10.1. The summed E-state index contributed by atoms with van der Waals surface area (Å²) in [6.07, 6.45) is -0.439. The Morgan fingerprint density at radius 3 is 2.23 bits per heavy atom. The van der Waals surface area contributed by atoms with Crippen molar-refractivity contribution >= 4 is 28.0 Å². The van der Waals surface area contributed by atoms with E-state index in [1.807, 2.05) is 54.6 Å². The van der Waals surface area contributed by atoms with Gasteiger partial charge in [-0.05, 0) is 60.9 Å². The SMILES string of the molecule is CCOC(Cc1ccc(OCCN(CCCOCc2ccccc2)C(=O)Oc2ccc(Br)cc2)cc1)C(=O)O. The molecule has 0 saturated heterocycles. The zero-order valence-electron chi connectivity index (χ0n) is 22.0. The quantitative estimate of drug-likeness (QED) is 0.203. The van der Waals surface area contributed by atoms with Gasteiger partial charge >= 0.3 is 12.1 Å². The normalized spacial score (nSPS) is 11.5. The maximum absolute atomic E-state index is 12.9. The van der Waals surface area contributed by atoms with Gasteiger partial charge in [-0.15, -0.1) is 0 Å². The van der Waals surface area contributed by atoms with Crippen LogP contribution in [0.4, 0.5) is 4.79 Å². The molecule has 1 N–H and O–H groups in total. The molecule has 3 aromatic rings. The molecule has 208 valence electrons. The molecular weight excluding hydrogens is 566 g/mol. The van der Waals surface area contributed by atoms with Crippen LogP contribution in [0.1, 0.15) is 24.5 Å². The summed E-state index contributed by atoms with van der Waals surface area (Å²) >= 11 is 3.38. The minimum Gasteiger partial charge on any atom is -0.492 e. The van der Waals surface area contributed by atoms with Crippen molar-refractivity contribution in [3.63, 3.8) is 0 Å². The highest BCUT2D eigenvalue weighted by atomic mass is 79.9. The Bertz CT molecular complexity index is 1140. The lowest BCUT2D eigenvalue weighted by Gasteiger charge is -2.22. The summed E-state index contributed by atoms with van der Waals surface area (Å²) in [7, 11) is 0. The Morgan fingerprint density at radius 2 is 1.56 bits per heavy atom. The number of hydrogen-bond donors (Lipinski definition) is 1. The Morgan fingerprint density at radius 1 is 0.872 bits per heavy atom. The number of nitrogens with zero attached hydrogens (tertiary/aromatic N) is 1. The molecule has 3 aromatic carbocycles. The molecule has 9 heteroatoms. The third kappa shape index (κ3) is 11.1. The van der Waals surface area contributed by atoms with Crippen LogP contribution in [-0.2, 0) is 27.3 Å². The van der Waals surface area contributed by atoms with Crippen molar-refractivity contribution in [2.24, 2.45) is 0 Å². The molecule has 0 radical (unpaired) electrons. The predicted octanol–water partition coefficient (Wildman–Crippen LogP) is 5.97. The third-order valence-corrected chi connectivity index (χ3v) is 6.25. The second-order valence-electron chi connectivity index (χ2n) is 8.68. The summed E-state index contributed by atoms with van der Waals surface area (Å²) in [4.78, 5) is 25.8. The molecule has 39 heavy (non-hydrogen) atoms. The smallest absolute Gasteiger partial charge is 0.415 e. The molecule has 0 heterocycles. The number of rotatable bonds is 16. The summed E-state index contributed by atoms with van der Waals surface area (Å²) < 4.78 is 23.4. The van der Waals surface area contributed by atoms with Gasteiger partial charge in [0.25, 0.3) is 0 Å². The number of aliphatic carboxylic acids is 1. The maximum atomic E-state index is 12.9. The minimum atomic E-state index is -0.988. The summed E-state index contributed by atoms with van der Waals surface area (Å²) in [6.45, 7) is 4.14. The third-order valence-electron chi connectivity index (χ3n) is 5.72. The van der Waals surface area contributed by atoms with E-state index in [2.05, 4.69) is 15.9 Å². The first-order valence-electron chi connectivity index (χ1n) is 12.8. The topological polar surface area (TPSA) is 94.5 Å². The van der Waals surface area contributed by atoms with Crippen LogP contribution < -0.4 is 9.47 Å². The lowest BCUT2D eigenvalue weighted by molar-refractivity contribution is -0.149. The Labute approximate surface area is 237 Å². The molecule has 0 aliphatic carbocycles. The van der Waals surface area contributed by atoms with Crippen LogP contribution in [0, 0.1) is 0 Å². The largest absolute Gasteiger partial charge is 0.492 e. The Kier molecular flexibility index (Phi) is 12.8. The number of ether oxygens (including phenoxy) is 4. The molecule has 1 amide bonds. The number of carboxylic acid groups (broad SMARTS) is 1. The van der Waals surface area contributed by atoms with E-state index in [-0.39, 0.29) is 13.0 Å². The fraction of sp³-hybridized carbons (Fsp3) is 0.333. The van der Waals surface area contributed by atoms with Gasteiger partial charge in [0.15, 0.2) is 6.10 Å². The van der Waals surface area contributed by atoms with Gasteiger partial charge in [-0.25, -0.2) is 9.59 Å². The van der Waals surface area contributed by atoms with E-state index in [1.54, 1.807) is 36.1 Å². The van der Waals surface area contributed by atoms with Crippen LogP contribution in [0.3, 0.4) is 0 Å². The van der Waals surface area contributed by atoms with E-state index in [1.165, 1.54) is 0 Å². The van der Waals surface area contributed by atoms with E-state index >= 15 is 0 Å². The summed E-state index contributed by atoms with van der Waals surface area (Å²) in [6, 6.07) is 24.2. The zero-order valence-corrected chi connectivity index (χ0v) is 23.5. The van der Waals surface area contributed by atoms with Gasteiger partial charge in [-0.3, -0.25) is 0 Å². The number of carbonyl (C=O) groups is 2. The molecule has 0 saturated carbocycles. The maximum Gasteiger partial charge on any atom is 0.415 e. The van der Waals surface area contributed by atoms with E-state index in [4.69, 9.17) is 18.9 Å². The molecule has 0 spiro atoms. The predicted molar refractivity (Wildman–Crippen MR) is 151 cm³/mol. The van der Waals surface area contributed by atoms with Gasteiger partial charge in [0.05, 0.1) is 13.2 Å². The van der Waals surface area contributed by atoms with E-state index in [0.29, 0.717) is 50.8 Å². The number of halogens is 1. The fourth-order valence-electron chi connectivity index (χ4n) is 3.71. The Hall–Kier alpha value is -3.40. The van der Waals surface area contributed by atoms with Crippen molar-refractivity contribution in [2.45, 2.75) is 32.5 Å². The highest BCUT2D eigenvalue weighted by Crippen LogP contribution is 2.18. The summed E-state index contributed by atoms with van der Waals surface area (Å²) in [5, 5.41) is 9.28. The first-order chi connectivity index (χ1) is 18.9. The van der Waals surface area contributed by atoms with Gasteiger partial charge in [-0.2, -0.15) is 0 Å². The van der Waals surface area contributed by atoms with E-state index in [9.17, 15) is 14.7 Å². The number of carbonyl (C=O) groups excluding carboxylic acids is 1. The lowest BCUT2D eigenvalue weighted by Crippen LogP contribution is -2.38. The standard InChI is InChI=1S/C30H34BrNO7/c1-2-37-28(29(33)34)21-23-9-13-26(14-10-23)38-20-18-32(30(35)39-27-15-11-25(31)12-16-27)17-6-19-36-22-24-7-4-3-5-8-24/h3-5,7-16,28H,2,6,17-22H2,1H3,(H,33,34). The van der Waals surface area contributed by atoms with Crippen molar-refractivity contribution in [3.05, 3.63) is 94.5 Å². The number of benzene rings is 3. The van der Waals surface area contributed by atoms with Crippen LogP contribution in [0.25, 0.3) is 0 Å². The van der Waals surface area contributed by atoms with Crippen molar-refractivity contribution in [1.82, 2.24) is 4.90 Å². The van der Waals surface area contributed by atoms with Crippen molar-refractivity contribution in [3.8, 4) is 11.5 Å². The number of hydrogen-bond acceptors (Lipinski definition) is 6. The molecule has 1 unspecified atom stereocenters. The second-order valence-corrected chi connectivity index (χ2v) is 9.60. The molecule has 1 atom stereocenters. The van der Waals surface area contributed by atoms with Crippen molar-refractivity contribution in [1.29, 1.82) is 0 Å². The van der Waals surface area contributed by atoms with Gasteiger partial charge in [0, 0.05) is 30.7 Å². The van der Waals surface area contributed by atoms with Gasteiger partial charge in [0.2, 0.25) is 0 Å². The average Bonchev–Trinajstić information content (AvgIpc) is 2.94. The Balaban J connectivity index is 1.50. The summed E-state index contributed by atoms with van der Waals surface area (Å²) in [5.41, 5.74) is 1.93. The first kappa shape index (κ1) is 30.1. The van der Waals surface area contributed by atoms with E-state index < -0.39 is 18.2 Å². The molecule has 0 fully saturated rings.